The molecule has 0 N–H and O–H groups in total. The highest BCUT2D eigenvalue weighted by Crippen LogP contribution is 2.20. The van der Waals surface area contributed by atoms with Gasteiger partial charge >= 0.3 is 0 Å². The summed E-state index contributed by atoms with van der Waals surface area (Å²) in [7, 11) is -1.20. The van der Waals surface area contributed by atoms with Crippen LogP contribution < -0.4 is 5.19 Å². The molecule has 16 heavy (non-hydrogen) atoms. The minimum Gasteiger partial charge on any atom is -0.0929 e. The third kappa shape index (κ3) is 2.77. The van der Waals surface area contributed by atoms with Crippen LogP contribution in [-0.2, 0) is 0 Å². The maximum atomic E-state index is 5.58. The second-order valence-electron chi connectivity index (χ2n) is 4.26. The van der Waals surface area contributed by atoms with Gasteiger partial charge in [0.05, 0.1) is 8.07 Å². The van der Waals surface area contributed by atoms with Crippen molar-refractivity contribution in [3.63, 3.8) is 0 Å². The van der Waals surface area contributed by atoms with Crippen LogP contribution in [0, 0.1) is 0 Å². The lowest BCUT2D eigenvalue weighted by molar-refractivity contribution is 1.19. The first-order valence-electron chi connectivity index (χ1n) is 6.09. The summed E-state index contributed by atoms with van der Waals surface area (Å²) < 4.78 is 0. The van der Waals surface area contributed by atoms with Crippen molar-refractivity contribution in [3.8, 4) is 0 Å². The third-order valence-electron chi connectivity index (χ3n) is 3.81. The number of hydrogen-bond acceptors (Lipinski definition) is 0. The normalized spacial score (nSPS) is 12.2. The van der Waals surface area contributed by atoms with Crippen LogP contribution in [-0.4, -0.2) is 8.07 Å². The zero-order chi connectivity index (χ0) is 12.0. The minimum absolute atomic E-state index is 1.19. The monoisotopic (exact) mass is 252 g/mol. The topological polar surface area (TPSA) is 0 Å². The van der Waals surface area contributed by atoms with E-state index in [0.717, 1.165) is 0 Å². The molecular weight excluding hydrogens is 232 g/mol. The molecule has 0 radical (unpaired) electrons. The van der Waals surface area contributed by atoms with Crippen LogP contribution in [0.15, 0.2) is 29.8 Å². The molecule has 0 bridgehead atoms. The molecule has 1 aromatic rings. The molecule has 0 aromatic heterocycles. The van der Waals surface area contributed by atoms with Crippen LogP contribution in [0.1, 0.15) is 26.3 Å². The highest BCUT2D eigenvalue weighted by Gasteiger charge is 2.28. The fraction of sp³-hybridized carbons (Fsp3) is 0.429. The minimum atomic E-state index is -1.20. The van der Waals surface area contributed by atoms with Crippen LogP contribution >= 0.6 is 11.6 Å². The predicted molar refractivity (Wildman–Crippen MR) is 78.2 cm³/mol. The van der Waals surface area contributed by atoms with E-state index in [1.807, 2.05) is 6.08 Å². The summed E-state index contributed by atoms with van der Waals surface area (Å²) in [5.74, 6) is 0. The fourth-order valence-electron chi connectivity index (χ4n) is 2.38. The van der Waals surface area contributed by atoms with Gasteiger partial charge in [0.1, 0.15) is 0 Å². The molecule has 0 aliphatic heterocycles. The molecule has 0 saturated carbocycles. The molecule has 1 rings (SSSR count). The van der Waals surface area contributed by atoms with Gasteiger partial charge in [-0.3, -0.25) is 0 Å². The Hall–Kier alpha value is -0.533. The summed E-state index contributed by atoms with van der Waals surface area (Å²) in [5, 5.41) is 1.59. The number of hydrogen-bond donors (Lipinski definition) is 0. The fourth-order valence-corrected chi connectivity index (χ4v) is 6.13. The number of halogens is 1. The van der Waals surface area contributed by atoms with Crippen molar-refractivity contribution in [1.29, 1.82) is 0 Å². The molecule has 0 fully saturated rings. The summed E-state index contributed by atoms with van der Waals surface area (Å²) in [6.07, 6.45) is 1.93. The first kappa shape index (κ1) is 13.5. The van der Waals surface area contributed by atoms with E-state index < -0.39 is 8.07 Å². The molecule has 0 aliphatic carbocycles. The second-order valence-corrected chi connectivity index (χ2v) is 9.77. The van der Waals surface area contributed by atoms with Gasteiger partial charge in [0.15, 0.2) is 0 Å². The number of rotatable bonds is 5. The van der Waals surface area contributed by atoms with Gasteiger partial charge in [-0.1, -0.05) is 80.0 Å². The smallest absolute Gasteiger partial charge is 0.0859 e. The van der Waals surface area contributed by atoms with Gasteiger partial charge in [-0.05, 0) is 11.6 Å². The molecule has 1 aromatic carbocycles. The Morgan fingerprint density at radius 1 is 1.00 bits per heavy atom. The molecule has 0 unspecified atom stereocenters. The maximum absolute atomic E-state index is 5.58. The highest BCUT2D eigenvalue weighted by atomic mass is 35.5. The average Bonchev–Trinajstić information content (AvgIpc) is 2.34. The third-order valence-corrected chi connectivity index (χ3v) is 9.55. The molecule has 0 amide bonds. The molecule has 0 nitrogen and oxygen atoms in total. The Balaban J connectivity index is 3.03. The average molecular weight is 253 g/mol. The van der Waals surface area contributed by atoms with Gasteiger partial charge in [-0.2, -0.15) is 0 Å². The molecule has 0 aliphatic rings. The molecule has 2 heteroatoms. The first-order valence-corrected chi connectivity index (χ1v) is 9.15. The summed E-state index contributed by atoms with van der Waals surface area (Å²) in [6, 6.07) is 13.0. The molecule has 88 valence electrons. The molecule has 0 saturated heterocycles. The van der Waals surface area contributed by atoms with Crippen molar-refractivity contribution in [2.24, 2.45) is 0 Å². The summed E-state index contributed by atoms with van der Waals surface area (Å²) in [5.41, 5.74) is 2.75. The van der Waals surface area contributed by atoms with Gasteiger partial charge in [-0.15, -0.1) is 0 Å². The Morgan fingerprint density at radius 2 is 1.50 bits per heavy atom. The molecule has 0 heterocycles. The Morgan fingerprint density at radius 3 is 1.88 bits per heavy atom. The maximum Gasteiger partial charge on any atom is 0.0859 e. The van der Waals surface area contributed by atoms with Crippen molar-refractivity contribution in [1.82, 2.24) is 0 Å². The lowest BCUT2D eigenvalue weighted by atomic mass is 10.2. The van der Waals surface area contributed by atoms with Crippen molar-refractivity contribution in [3.05, 3.63) is 35.4 Å². The quantitative estimate of drug-likeness (QED) is 0.672. The van der Waals surface area contributed by atoms with E-state index in [2.05, 4.69) is 45.0 Å². The van der Waals surface area contributed by atoms with Crippen molar-refractivity contribution < 1.29 is 0 Å². The molecule has 0 atom stereocenters. The van der Waals surface area contributed by atoms with Crippen molar-refractivity contribution in [2.75, 3.05) is 0 Å². The van der Waals surface area contributed by atoms with E-state index in [0.29, 0.717) is 0 Å². The van der Waals surface area contributed by atoms with Crippen LogP contribution in [0.3, 0.4) is 0 Å². The first-order chi connectivity index (χ1) is 7.72. The zero-order valence-electron chi connectivity index (χ0n) is 10.5. The zero-order valence-corrected chi connectivity index (χ0v) is 12.2. The highest BCUT2D eigenvalue weighted by molar-refractivity contribution is 6.91. The molecular formula is C14H21ClSi. The van der Waals surface area contributed by atoms with Crippen molar-refractivity contribution in [2.45, 2.75) is 38.9 Å². The van der Waals surface area contributed by atoms with E-state index >= 15 is 0 Å². The molecule has 0 spiro atoms. The van der Waals surface area contributed by atoms with Gasteiger partial charge in [-0.25, -0.2) is 0 Å². The Labute approximate surface area is 105 Å². The van der Waals surface area contributed by atoms with E-state index in [1.54, 1.807) is 10.7 Å². The van der Waals surface area contributed by atoms with Gasteiger partial charge in [0.25, 0.3) is 0 Å². The van der Waals surface area contributed by atoms with Gasteiger partial charge in [0.2, 0.25) is 0 Å². The SMILES string of the molecule is CC[Si](CC)(CC)c1ccc(/C=C/Cl)cc1. The summed E-state index contributed by atoms with van der Waals surface area (Å²) in [6.45, 7) is 7.02. The van der Waals surface area contributed by atoms with E-state index in [4.69, 9.17) is 11.6 Å². The van der Waals surface area contributed by atoms with Crippen molar-refractivity contribution >= 4 is 30.9 Å². The van der Waals surface area contributed by atoms with Gasteiger partial charge in [0, 0.05) is 5.54 Å². The lowest BCUT2D eigenvalue weighted by Gasteiger charge is -2.28. The largest absolute Gasteiger partial charge is 0.0929 e. The summed E-state index contributed by atoms with van der Waals surface area (Å²) >= 11 is 5.58. The second kappa shape index (κ2) is 6.26. The van der Waals surface area contributed by atoms with Crippen LogP contribution in [0.5, 0.6) is 0 Å². The van der Waals surface area contributed by atoms with Crippen LogP contribution in [0.2, 0.25) is 18.1 Å². The van der Waals surface area contributed by atoms with Crippen LogP contribution in [0.25, 0.3) is 6.08 Å². The van der Waals surface area contributed by atoms with E-state index in [-0.39, 0.29) is 0 Å². The summed E-state index contributed by atoms with van der Waals surface area (Å²) in [4.78, 5) is 0. The Kier molecular flexibility index (Phi) is 5.30. The Bertz CT molecular complexity index is 328. The number of benzene rings is 1. The van der Waals surface area contributed by atoms with Gasteiger partial charge < -0.3 is 0 Å². The van der Waals surface area contributed by atoms with E-state index in [9.17, 15) is 0 Å². The predicted octanol–water partition coefficient (Wildman–Crippen LogP) is 4.61. The van der Waals surface area contributed by atoms with E-state index in [1.165, 1.54) is 23.7 Å². The lowest BCUT2D eigenvalue weighted by Crippen LogP contribution is -2.45. The van der Waals surface area contributed by atoms with Crippen LogP contribution in [0.4, 0.5) is 0 Å². The standard InChI is InChI=1S/C14H21ClSi/c1-4-16(5-2,6-3)14-9-7-13(8-10-14)11-12-15/h7-12H,4-6H2,1-3H3/b12-11+.